The first-order chi connectivity index (χ1) is 11.6. The maximum absolute atomic E-state index is 10.7. The molecule has 0 aliphatic rings. The molecule has 0 saturated heterocycles. The molecule has 144 valence electrons. The van der Waals surface area contributed by atoms with Crippen molar-refractivity contribution in [1.29, 1.82) is 0 Å². The fraction of sp³-hybridized carbons (Fsp3) is 0.955. The minimum absolute atomic E-state index is 0.299. The third-order valence-corrected chi connectivity index (χ3v) is 5.21. The molecule has 0 aromatic heterocycles. The molecule has 0 aromatic rings. The van der Waals surface area contributed by atoms with Crippen molar-refractivity contribution >= 4 is 5.97 Å². The van der Waals surface area contributed by atoms with Gasteiger partial charge in [0.15, 0.2) is 0 Å². The van der Waals surface area contributed by atoms with E-state index in [9.17, 15) is 9.90 Å². The van der Waals surface area contributed by atoms with Crippen LogP contribution in [-0.4, -0.2) is 5.97 Å². The van der Waals surface area contributed by atoms with Gasteiger partial charge < -0.3 is 9.90 Å². The van der Waals surface area contributed by atoms with Crippen molar-refractivity contribution in [2.45, 2.75) is 124 Å². The third-order valence-electron chi connectivity index (χ3n) is 5.21. The molecule has 2 heteroatoms. The first-order valence-corrected chi connectivity index (χ1v) is 10.8. The molecular weight excluding hydrogens is 296 g/mol. The van der Waals surface area contributed by atoms with Gasteiger partial charge in [-0.1, -0.05) is 117 Å². The molecule has 2 unspecified atom stereocenters. The molecule has 2 nitrogen and oxygen atoms in total. The standard InChI is InChI=1S/C22H44O2/c1-4-5-6-7-8-9-10-11-12-13-14-15-16-17-18-20(2)19-21(3)22(23)24/h20-21H,4-19H2,1-3H3,(H,23,24)/p-1. The number of unbranched alkanes of at least 4 members (excludes halogenated alkanes) is 13. The van der Waals surface area contributed by atoms with Gasteiger partial charge in [-0.25, -0.2) is 0 Å². The Hall–Kier alpha value is -0.530. The fourth-order valence-corrected chi connectivity index (χ4v) is 3.50. The molecule has 0 aliphatic heterocycles. The highest BCUT2D eigenvalue weighted by molar-refractivity contribution is 5.66. The van der Waals surface area contributed by atoms with E-state index >= 15 is 0 Å². The van der Waals surface area contributed by atoms with Crippen molar-refractivity contribution in [3.63, 3.8) is 0 Å². The zero-order valence-corrected chi connectivity index (χ0v) is 16.8. The average Bonchev–Trinajstić information content (AvgIpc) is 2.55. The Bertz CT molecular complexity index is 275. The van der Waals surface area contributed by atoms with Gasteiger partial charge in [0.2, 0.25) is 0 Å². The van der Waals surface area contributed by atoms with Crippen molar-refractivity contribution < 1.29 is 9.90 Å². The minimum Gasteiger partial charge on any atom is -0.550 e. The van der Waals surface area contributed by atoms with Crippen LogP contribution in [0.4, 0.5) is 0 Å². The molecule has 0 radical (unpaired) electrons. The number of carbonyl (C=O) groups is 1. The molecule has 0 aromatic carbocycles. The van der Waals surface area contributed by atoms with Gasteiger partial charge >= 0.3 is 0 Å². The molecule has 0 bridgehead atoms. The van der Waals surface area contributed by atoms with Gasteiger partial charge in [0.05, 0.1) is 0 Å². The monoisotopic (exact) mass is 339 g/mol. The van der Waals surface area contributed by atoms with Crippen LogP contribution in [0.3, 0.4) is 0 Å². The van der Waals surface area contributed by atoms with Crippen LogP contribution >= 0.6 is 0 Å². The minimum atomic E-state index is -0.900. The van der Waals surface area contributed by atoms with Gasteiger partial charge in [-0.3, -0.25) is 0 Å². The summed E-state index contributed by atoms with van der Waals surface area (Å²) >= 11 is 0. The predicted octanol–water partition coefficient (Wildman–Crippen LogP) is 6.27. The molecule has 0 N–H and O–H groups in total. The zero-order chi connectivity index (χ0) is 18.0. The molecule has 0 aliphatic carbocycles. The van der Waals surface area contributed by atoms with E-state index in [0.717, 1.165) is 12.8 Å². The van der Waals surface area contributed by atoms with Crippen LogP contribution in [0.5, 0.6) is 0 Å². The number of carboxylic acids is 1. The third kappa shape index (κ3) is 16.3. The number of carboxylic acid groups (broad SMARTS) is 1. The Morgan fingerprint density at radius 2 is 1.08 bits per heavy atom. The molecule has 2 atom stereocenters. The van der Waals surface area contributed by atoms with Gasteiger partial charge in [-0.2, -0.15) is 0 Å². The largest absolute Gasteiger partial charge is 0.550 e. The van der Waals surface area contributed by atoms with Gasteiger partial charge in [0.25, 0.3) is 0 Å². The Kier molecular flexibility index (Phi) is 16.9. The van der Waals surface area contributed by atoms with Crippen molar-refractivity contribution in [1.82, 2.24) is 0 Å². The van der Waals surface area contributed by atoms with Gasteiger partial charge in [0.1, 0.15) is 0 Å². The summed E-state index contributed by atoms with van der Waals surface area (Å²) in [5.74, 6) is -0.690. The van der Waals surface area contributed by atoms with Crippen LogP contribution in [0.1, 0.15) is 124 Å². The van der Waals surface area contributed by atoms with E-state index in [1.165, 1.54) is 89.9 Å². The molecule has 0 rings (SSSR count). The van der Waals surface area contributed by atoms with E-state index in [2.05, 4.69) is 13.8 Å². The van der Waals surface area contributed by atoms with Crippen LogP contribution in [-0.2, 0) is 4.79 Å². The number of hydrogen-bond acceptors (Lipinski definition) is 2. The summed E-state index contributed by atoms with van der Waals surface area (Å²) in [6, 6.07) is 0. The summed E-state index contributed by atoms with van der Waals surface area (Å²) in [5, 5.41) is 10.7. The zero-order valence-electron chi connectivity index (χ0n) is 16.8. The number of carbonyl (C=O) groups excluding carboxylic acids is 1. The lowest BCUT2D eigenvalue weighted by Gasteiger charge is -2.17. The topological polar surface area (TPSA) is 40.1 Å². The molecule has 24 heavy (non-hydrogen) atoms. The molecule has 0 heterocycles. The van der Waals surface area contributed by atoms with Crippen molar-refractivity contribution in [2.24, 2.45) is 11.8 Å². The maximum Gasteiger partial charge on any atom is 0.0442 e. The summed E-state index contributed by atoms with van der Waals surface area (Å²) < 4.78 is 0. The Labute approximate surface area is 151 Å². The van der Waals surface area contributed by atoms with E-state index in [0.29, 0.717) is 5.92 Å². The fourth-order valence-electron chi connectivity index (χ4n) is 3.50. The highest BCUT2D eigenvalue weighted by atomic mass is 16.4. The Morgan fingerprint density at radius 3 is 1.46 bits per heavy atom. The SMILES string of the molecule is CCCCCCCCCCCCCCCCC(C)CC(C)C(=O)[O-]. The summed E-state index contributed by atoms with van der Waals surface area (Å²) in [7, 11) is 0. The number of hydrogen-bond donors (Lipinski definition) is 0. The number of rotatable bonds is 18. The first-order valence-electron chi connectivity index (χ1n) is 10.8. The van der Waals surface area contributed by atoms with Crippen LogP contribution < -0.4 is 5.11 Å². The van der Waals surface area contributed by atoms with Crippen LogP contribution in [0, 0.1) is 11.8 Å². The van der Waals surface area contributed by atoms with Gasteiger partial charge in [-0.15, -0.1) is 0 Å². The van der Waals surface area contributed by atoms with Crippen LogP contribution in [0.15, 0.2) is 0 Å². The Morgan fingerprint density at radius 1 is 0.708 bits per heavy atom. The number of aliphatic carboxylic acids is 1. The van der Waals surface area contributed by atoms with E-state index in [1.54, 1.807) is 6.92 Å². The van der Waals surface area contributed by atoms with Gasteiger partial charge in [-0.05, 0) is 18.3 Å². The molecule has 0 amide bonds. The van der Waals surface area contributed by atoms with Crippen LogP contribution in [0.25, 0.3) is 0 Å². The maximum atomic E-state index is 10.7. The summed E-state index contributed by atoms with van der Waals surface area (Å²) in [6.45, 7) is 6.21. The van der Waals surface area contributed by atoms with Crippen LogP contribution in [0.2, 0.25) is 0 Å². The van der Waals surface area contributed by atoms with E-state index in [4.69, 9.17) is 0 Å². The van der Waals surface area contributed by atoms with Crippen molar-refractivity contribution in [2.75, 3.05) is 0 Å². The molecule has 0 spiro atoms. The predicted molar refractivity (Wildman–Crippen MR) is 103 cm³/mol. The van der Waals surface area contributed by atoms with Crippen molar-refractivity contribution in [3.8, 4) is 0 Å². The smallest absolute Gasteiger partial charge is 0.0442 e. The summed E-state index contributed by atoms with van der Waals surface area (Å²) in [5.41, 5.74) is 0. The quantitative estimate of drug-likeness (QED) is 0.276. The average molecular weight is 340 g/mol. The second kappa shape index (κ2) is 17.3. The van der Waals surface area contributed by atoms with Crippen molar-refractivity contribution in [3.05, 3.63) is 0 Å². The Balaban J connectivity index is 3.18. The second-order valence-electron chi connectivity index (χ2n) is 7.95. The lowest BCUT2D eigenvalue weighted by Crippen LogP contribution is -2.30. The normalized spacial score (nSPS) is 13.8. The second-order valence-corrected chi connectivity index (χ2v) is 7.95. The molecular formula is C22H43O2-. The lowest BCUT2D eigenvalue weighted by molar-refractivity contribution is -0.311. The highest BCUT2D eigenvalue weighted by Crippen LogP contribution is 2.19. The first kappa shape index (κ1) is 23.5. The highest BCUT2D eigenvalue weighted by Gasteiger charge is 2.09. The van der Waals surface area contributed by atoms with Gasteiger partial charge in [0, 0.05) is 5.97 Å². The van der Waals surface area contributed by atoms with E-state index in [-0.39, 0.29) is 5.92 Å². The summed E-state index contributed by atoms with van der Waals surface area (Å²) in [4.78, 5) is 10.7. The lowest BCUT2D eigenvalue weighted by atomic mass is 9.92. The molecule has 0 fully saturated rings. The summed E-state index contributed by atoms with van der Waals surface area (Å²) in [6.07, 6.45) is 21.4. The molecule has 0 saturated carbocycles. The van der Waals surface area contributed by atoms with E-state index in [1.807, 2.05) is 0 Å². The van der Waals surface area contributed by atoms with E-state index < -0.39 is 5.97 Å².